The second kappa shape index (κ2) is 9.88. The van der Waals surface area contributed by atoms with E-state index in [2.05, 4.69) is 11.1 Å². The molecule has 40 heavy (non-hydrogen) atoms. The Morgan fingerprint density at radius 2 is 1.45 bits per heavy atom. The van der Waals surface area contributed by atoms with Crippen molar-refractivity contribution in [3.63, 3.8) is 0 Å². The Kier molecular flexibility index (Phi) is 6.94. The number of aliphatic hydroxyl groups excluding tert-OH is 1. The monoisotopic (exact) mass is 555 g/mol. The highest BCUT2D eigenvalue weighted by atomic mass is 16.5. The van der Waals surface area contributed by atoms with Crippen LogP contribution in [-0.2, 0) is 33.4 Å². The Bertz CT molecular complexity index is 1390. The number of hydrogen-bond acceptors (Lipinski definition) is 10. The molecule has 0 aromatic rings. The highest BCUT2D eigenvalue weighted by Crippen LogP contribution is 2.48. The predicted molar refractivity (Wildman–Crippen MR) is 139 cm³/mol. The second-order valence-corrected chi connectivity index (χ2v) is 11.1. The maximum Gasteiger partial charge on any atom is 0.277 e. The molecule has 0 spiro atoms. The molecule has 2 aliphatic carbocycles. The van der Waals surface area contributed by atoms with Crippen molar-refractivity contribution < 1.29 is 44.3 Å². The summed E-state index contributed by atoms with van der Waals surface area (Å²) in [7, 11) is 4.44. The number of rotatable bonds is 5. The number of ether oxygens (including phenoxy) is 2. The summed E-state index contributed by atoms with van der Waals surface area (Å²) >= 11 is 0. The summed E-state index contributed by atoms with van der Waals surface area (Å²) in [5.41, 5.74) is 5.18. The first-order valence-corrected chi connectivity index (χ1v) is 13.3. The molecule has 1 unspecified atom stereocenters. The van der Waals surface area contributed by atoms with E-state index in [1.54, 1.807) is 25.8 Å². The van der Waals surface area contributed by atoms with E-state index >= 15 is 0 Å². The van der Waals surface area contributed by atoms with Gasteiger partial charge in [0.25, 0.3) is 5.91 Å². The molecule has 1 amide bonds. The molecule has 6 atom stereocenters. The van der Waals surface area contributed by atoms with Gasteiger partial charge in [-0.25, -0.2) is 0 Å². The standard InChI is InChI=1S/C28H34N4O8/c1-10-21(33)13-7-15-20-19-14(22(34)11(2)26(40-6)24(19)36)8-16(31(20)4)28(38)32(15)17(9-30-27(37)12(3)29)18(13)23(35)25(10)39-5/h12,15-17,20,28,38H,7-9,29H2,1-6H3,(H,30,37)/p+1/t12?,15-,16-,17-,20-,28-/m0/s1. The van der Waals surface area contributed by atoms with Crippen molar-refractivity contribution in [1.29, 1.82) is 0 Å². The maximum absolute atomic E-state index is 13.7. The summed E-state index contributed by atoms with van der Waals surface area (Å²) in [6, 6.07) is -3.40. The van der Waals surface area contributed by atoms with Crippen LogP contribution in [0, 0.1) is 0 Å². The Labute approximate surface area is 231 Å². The lowest BCUT2D eigenvalue weighted by molar-refractivity contribution is -0.398. The number of aliphatic hydroxyl groups is 1. The maximum atomic E-state index is 13.7. The number of methoxy groups -OCH3 is 2. The molecule has 1 saturated heterocycles. The zero-order valence-corrected chi connectivity index (χ0v) is 23.5. The lowest BCUT2D eigenvalue weighted by Gasteiger charge is -2.60. The molecule has 3 heterocycles. The smallest absolute Gasteiger partial charge is 0.277 e. The second-order valence-electron chi connectivity index (χ2n) is 11.1. The third-order valence-corrected chi connectivity index (χ3v) is 8.96. The highest BCUT2D eigenvalue weighted by Gasteiger charge is 2.59. The number of amides is 1. The lowest BCUT2D eigenvalue weighted by Crippen LogP contribution is -2.75. The molecule has 0 aromatic carbocycles. The van der Waals surface area contributed by atoms with E-state index in [1.807, 2.05) is 4.90 Å². The van der Waals surface area contributed by atoms with E-state index in [-0.39, 0.29) is 76.2 Å². The van der Waals surface area contributed by atoms with Crippen LogP contribution >= 0.6 is 0 Å². The van der Waals surface area contributed by atoms with Gasteiger partial charge in [0.15, 0.2) is 29.1 Å². The van der Waals surface area contributed by atoms with Crippen LogP contribution in [0.4, 0.5) is 0 Å². The van der Waals surface area contributed by atoms with Crippen LogP contribution in [-0.4, -0.2) is 108 Å². The van der Waals surface area contributed by atoms with E-state index in [9.17, 15) is 29.1 Å². The molecule has 1 fully saturated rings. The summed E-state index contributed by atoms with van der Waals surface area (Å²) in [5, 5.41) is 14.6. The number of hydrogen-bond donors (Lipinski definition) is 3. The van der Waals surface area contributed by atoms with Crippen molar-refractivity contribution >= 4 is 29.0 Å². The Morgan fingerprint density at radius 1 is 0.950 bits per heavy atom. The zero-order chi connectivity index (χ0) is 29.4. The minimum Gasteiger partial charge on any atom is -0.492 e. The molecular formula is C28H35N4O8+. The summed E-state index contributed by atoms with van der Waals surface area (Å²) in [5.74, 6) is -2.00. The predicted octanol–water partition coefficient (Wildman–Crippen LogP) is -1.68. The first-order valence-electron chi connectivity index (χ1n) is 13.3. The van der Waals surface area contributed by atoms with E-state index < -0.39 is 48.0 Å². The van der Waals surface area contributed by atoms with Crippen molar-refractivity contribution in [2.75, 3.05) is 27.8 Å². The summed E-state index contributed by atoms with van der Waals surface area (Å²) in [6.07, 6.45) is -1.01. The number of piperazine rings is 1. The number of likely N-dealkylation sites (N-methyl/N-ethyl adjacent to an activating group) is 1. The first kappa shape index (κ1) is 28.1. The van der Waals surface area contributed by atoms with Crippen LogP contribution in [0.3, 0.4) is 0 Å². The summed E-state index contributed by atoms with van der Waals surface area (Å²) in [4.78, 5) is 70.6. The van der Waals surface area contributed by atoms with Gasteiger partial charge in [-0.2, -0.15) is 0 Å². The average Bonchev–Trinajstić information content (AvgIpc) is 2.91. The number of Topliss-reactive ketones (excluding diaryl/α,β-unsaturated/α-hetero) is 4. The van der Waals surface area contributed by atoms with Gasteiger partial charge >= 0.3 is 0 Å². The number of carbonyl (C=O) groups excluding carboxylic acids is 5. The van der Waals surface area contributed by atoms with E-state index in [0.29, 0.717) is 5.57 Å². The number of carbonyl (C=O) groups is 5. The Morgan fingerprint density at radius 3 is 1.98 bits per heavy atom. The van der Waals surface area contributed by atoms with Gasteiger partial charge in [0.05, 0.1) is 32.3 Å². The van der Waals surface area contributed by atoms with Gasteiger partial charge in [0, 0.05) is 46.0 Å². The molecule has 0 saturated carbocycles. The van der Waals surface area contributed by atoms with Crippen molar-refractivity contribution in [3.8, 4) is 0 Å². The summed E-state index contributed by atoms with van der Waals surface area (Å²) in [6.45, 7) is 4.63. The van der Waals surface area contributed by atoms with Gasteiger partial charge < -0.3 is 25.6 Å². The number of ketones is 4. The molecule has 214 valence electrons. The number of quaternary nitrogens is 1. The van der Waals surface area contributed by atoms with Crippen molar-refractivity contribution in [2.24, 2.45) is 0 Å². The minimum absolute atomic E-state index is 0.0235. The Balaban J connectivity index is 1.68. The molecule has 12 nitrogen and oxygen atoms in total. The van der Waals surface area contributed by atoms with Crippen molar-refractivity contribution in [2.45, 2.75) is 70.0 Å². The van der Waals surface area contributed by atoms with Crippen LogP contribution in [0.15, 0.2) is 45.0 Å². The number of nitrogens with zero attached hydrogens (tertiary/aromatic N) is 2. The topological polar surface area (TPSA) is 170 Å². The fourth-order valence-corrected chi connectivity index (χ4v) is 7.00. The molecule has 12 heteroatoms. The van der Waals surface area contributed by atoms with Crippen LogP contribution < -0.4 is 11.1 Å². The molecule has 2 bridgehead atoms. The average molecular weight is 556 g/mol. The zero-order valence-electron chi connectivity index (χ0n) is 23.5. The SMILES string of the molecule is COC1=C(C)C(=O)C2=C(C1=O)[C@@H]1[C@@H]3CC4=C(C(=O)C(OC)=C(C)C4=O)[C@H](CNC(=O)C(C)[NH3+])N3[C@@H](O)[C@H](C2)N1C. The van der Waals surface area contributed by atoms with Crippen LogP contribution in [0.1, 0.15) is 33.6 Å². The molecule has 0 aromatic heterocycles. The highest BCUT2D eigenvalue weighted by molar-refractivity contribution is 6.26. The third kappa shape index (κ3) is 3.77. The number of allylic oxidation sites excluding steroid dienone is 4. The van der Waals surface area contributed by atoms with E-state index in [0.717, 1.165) is 0 Å². The van der Waals surface area contributed by atoms with Gasteiger partial charge in [-0.1, -0.05) is 0 Å². The molecule has 5 rings (SSSR count). The number of fused-ring (bicyclic) bond motifs is 5. The summed E-state index contributed by atoms with van der Waals surface area (Å²) < 4.78 is 10.7. The molecule has 0 radical (unpaired) electrons. The van der Waals surface area contributed by atoms with Gasteiger partial charge in [0.2, 0.25) is 11.6 Å². The van der Waals surface area contributed by atoms with Gasteiger partial charge in [-0.05, 0) is 40.7 Å². The lowest BCUT2D eigenvalue weighted by atomic mass is 9.68. The first-order chi connectivity index (χ1) is 18.9. The van der Waals surface area contributed by atoms with Gasteiger partial charge in [-0.3, -0.25) is 33.8 Å². The van der Waals surface area contributed by atoms with Crippen molar-refractivity contribution in [1.82, 2.24) is 15.1 Å². The van der Waals surface area contributed by atoms with E-state index in [1.165, 1.54) is 21.1 Å². The Hall–Kier alpha value is -3.45. The normalized spacial score (nSPS) is 31.8. The van der Waals surface area contributed by atoms with Crippen molar-refractivity contribution in [3.05, 3.63) is 45.0 Å². The van der Waals surface area contributed by atoms with Crippen LogP contribution in [0.2, 0.25) is 0 Å². The van der Waals surface area contributed by atoms with Gasteiger partial charge in [0.1, 0.15) is 6.23 Å². The number of nitrogens with one attached hydrogen (secondary N) is 1. The van der Waals surface area contributed by atoms with Gasteiger partial charge in [-0.15, -0.1) is 0 Å². The quantitative estimate of drug-likeness (QED) is 0.333. The molecular weight excluding hydrogens is 520 g/mol. The van der Waals surface area contributed by atoms with Crippen LogP contribution in [0.5, 0.6) is 0 Å². The minimum atomic E-state index is -1.18. The molecule has 5 aliphatic rings. The third-order valence-electron chi connectivity index (χ3n) is 8.96. The van der Waals surface area contributed by atoms with E-state index in [4.69, 9.17) is 9.47 Å². The largest absolute Gasteiger partial charge is 0.492 e. The molecule has 5 N–H and O–H groups in total. The fourth-order valence-electron chi connectivity index (χ4n) is 7.00. The fraction of sp³-hybridized carbons (Fsp3) is 0.536. The van der Waals surface area contributed by atoms with Crippen LogP contribution in [0.25, 0.3) is 0 Å². The molecule has 3 aliphatic heterocycles.